The lowest BCUT2D eigenvalue weighted by Crippen LogP contribution is -2.02. The van der Waals surface area contributed by atoms with Crippen LogP contribution in [0.15, 0.2) is 58.1 Å². The summed E-state index contributed by atoms with van der Waals surface area (Å²) in [5.41, 5.74) is 18.5. The number of nitrogens with zero attached hydrogens (tertiary/aromatic N) is 5. The van der Waals surface area contributed by atoms with Crippen LogP contribution in [0.3, 0.4) is 0 Å². The number of halogens is 1. The van der Waals surface area contributed by atoms with Gasteiger partial charge in [0.15, 0.2) is 0 Å². The van der Waals surface area contributed by atoms with Crippen molar-refractivity contribution in [3.63, 3.8) is 0 Å². The van der Waals surface area contributed by atoms with Gasteiger partial charge >= 0.3 is 0 Å². The maximum atomic E-state index is 8.44. The Labute approximate surface area is 152 Å². The van der Waals surface area contributed by atoms with Crippen LogP contribution in [0.4, 0.5) is 23.1 Å². The minimum atomic E-state index is 0.185. The molecule has 0 fully saturated rings. The highest BCUT2D eigenvalue weighted by molar-refractivity contribution is 9.10. The van der Waals surface area contributed by atoms with E-state index in [1.165, 1.54) is 0 Å². The van der Waals surface area contributed by atoms with Gasteiger partial charge in [-0.15, -0.1) is 0 Å². The Bertz CT molecular complexity index is 963. The van der Waals surface area contributed by atoms with E-state index in [0.29, 0.717) is 11.5 Å². The summed E-state index contributed by atoms with van der Waals surface area (Å²) >= 11 is 3.48. The average Bonchev–Trinajstić information content (AvgIpc) is 2.58. The van der Waals surface area contributed by atoms with Gasteiger partial charge in [0.25, 0.3) is 0 Å². The van der Waals surface area contributed by atoms with Crippen molar-refractivity contribution in [2.45, 2.75) is 6.92 Å². The summed E-state index contributed by atoms with van der Waals surface area (Å²) in [7, 11) is 0. The molecule has 7 nitrogen and oxygen atoms in total. The largest absolute Gasteiger partial charge is 0.368 e. The van der Waals surface area contributed by atoms with E-state index in [-0.39, 0.29) is 5.95 Å². The first-order valence-electron chi connectivity index (χ1n) is 7.38. The zero-order chi connectivity index (χ0) is 17.8. The number of rotatable bonds is 4. The number of anilines is 3. The molecule has 0 aliphatic heterocycles. The number of benzene rings is 2. The van der Waals surface area contributed by atoms with Crippen molar-refractivity contribution in [1.82, 2.24) is 9.97 Å². The summed E-state index contributed by atoms with van der Waals surface area (Å²) < 4.78 is 0.966. The van der Waals surface area contributed by atoms with Gasteiger partial charge in [0.05, 0.1) is 5.69 Å². The zero-order valence-electron chi connectivity index (χ0n) is 13.3. The summed E-state index contributed by atoms with van der Waals surface area (Å²) in [6.45, 7) is 2.02. The fourth-order valence-corrected chi connectivity index (χ4v) is 2.71. The lowest BCUT2D eigenvalue weighted by atomic mass is 10.1. The predicted molar refractivity (Wildman–Crippen MR) is 103 cm³/mol. The topological polar surface area (TPSA) is 113 Å². The van der Waals surface area contributed by atoms with Gasteiger partial charge in [0, 0.05) is 32.4 Å². The molecule has 124 valence electrons. The SMILES string of the molecule is Cc1ccc(Br)cc1-c1cc(Nc2ccc(N=[N+]=[N-])cc2)nc(N)n1. The van der Waals surface area contributed by atoms with Gasteiger partial charge < -0.3 is 11.1 Å². The smallest absolute Gasteiger partial charge is 0.222 e. The third kappa shape index (κ3) is 4.06. The molecule has 0 bridgehead atoms. The minimum Gasteiger partial charge on any atom is -0.368 e. The number of nitrogen functional groups attached to an aromatic ring is 1. The van der Waals surface area contributed by atoms with Crippen molar-refractivity contribution in [3.05, 3.63) is 69.0 Å². The van der Waals surface area contributed by atoms with E-state index in [1.807, 2.05) is 31.2 Å². The molecule has 25 heavy (non-hydrogen) atoms. The van der Waals surface area contributed by atoms with Gasteiger partial charge in [-0.2, -0.15) is 4.98 Å². The second-order valence-corrected chi connectivity index (χ2v) is 6.23. The molecule has 8 heteroatoms. The van der Waals surface area contributed by atoms with E-state index in [1.54, 1.807) is 24.3 Å². The van der Waals surface area contributed by atoms with Crippen molar-refractivity contribution in [1.29, 1.82) is 0 Å². The van der Waals surface area contributed by atoms with Crippen LogP contribution in [0.25, 0.3) is 21.7 Å². The van der Waals surface area contributed by atoms with Crippen LogP contribution in [0.1, 0.15) is 5.56 Å². The lowest BCUT2D eigenvalue weighted by Gasteiger charge is -2.10. The molecule has 0 aliphatic rings. The van der Waals surface area contributed by atoms with E-state index in [9.17, 15) is 0 Å². The first kappa shape index (κ1) is 16.8. The normalized spacial score (nSPS) is 10.2. The van der Waals surface area contributed by atoms with E-state index in [0.717, 1.165) is 27.0 Å². The molecule has 2 aromatic carbocycles. The Kier molecular flexibility index (Phi) is 4.83. The zero-order valence-corrected chi connectivity index (χ0v) is 14.9. The highest BCUT2D eigenvalue weighted by Crippen LogP contribution is 2.28. The molecule has 3 rings (SSSR count). The Balaban J connectivity index is 1.94. The fraction of sp³-hybridized carbons (Fsp3) is 0.0588. The summed E-state index contributed by atoms with van der Waals surface area (Å²) in [4.78, 5) is 11.3. The second kappa shape index (κ2) is 7.21. The van der Waals surface area contributed by atoms with E-state index in [2.05, 4.69) is 41.2 Å². The van der Waals surface area contributed by atoms with E-state index >= 15 is 0 Å². The maximum Gasteiger partial charge on any atom is 0.222 e. The first-order chi connectivity index (χ1) is 12.0. The number of nitrogens with two attached hydrogens (primary N) is 1. The van der Waals surface area contributed by atoms with Gasteiger partial charge in [-0.3, -0.25) is 0 Å². The fourth-order valence-electron chi connectivity index (χ4n) is 2.35. The summed E-state index contributed by atoms with van der Waals surface area (Å²) in [6.07, 6.45) is 0. The number of aryl methyl sites for hydroxylation is 1. The molecule has 0 aliphatic carbocycles. The van der Waals surface area contributed by atoms with Gasteiger partial charge in [-0.25, -0.2) is 4.98 Å². The third-order valence-electron chi connectivity index (χ3n) is 3.52. The maximum absolute atomic E-state index is 8.44. The molecule has 0 saturated heterocycles. The summed E-state index contributed by atoms with van der Waals surface area (Å²) in [5.74, 6) is 0.767. The Morgan fingerprint density at radius 3 is 2.60 bits per heavy atom. The monoisotopic (exact) mass is 395 g/mol. The van der Waals surface area contributed by atoms with Crippen LogP contribution in [0.2, 0.25) is 0 Å². The molecular formula is C17H14BrN7. The molecule has 0 unspecified atom stereocenters. The van der Waals surface area contributed by atoms with Crippen LogP contribution in [0.5, 0.6) is 0 Å². The van der Waals surface area contributed by atoms with Crippen LogP contribution in [0, 0.1) is 6.92 Å². The summed E-state index contributed by atoms with van der Waals surface area (Å²) in [6, 6.07) is 14.9. The molecule has 0 saturated carbocycles. The molecule has 1 heterocycles. The third-order valence-corrected chi connectivity index (χ3v) is 4.01. The highest BCUT2D eigenvalue weighted by Gasteiger charge is 2.08. The van der Waals surface area contributed by atoms with Gasteiger partial charge in [0.1, 0.15) is 5.82 Å². The predicted octanol–water partition coefficient (Wildman–Crippen LogP) is 5.48. The number of hydrogen-bond acceptors (Lipinski definition) is 5. The van der Waals surface area contributed by atoms with Gasteiger partial charge in [-0.05, 0) is 42.3 Å². The van der Waals surface area contributed by atoms with Crippen LogP contribution >= 0.6 is 15.9 Å². The van der Waals surface area contributed by atoms with Crippen molar-refractivity contribution >= 4 is 39.1 Å². The van der Waals surface area contributed by atoms with Crippen molar-refractivity contribution in [2.75, 3.05) is 11.1 Å². The highest BCUT2D eigenvalue weighted by atomic mass is 79.9. The number of nitrogens with one attached hydrogen (secondary N) is 1. The quantitative estimate of drug-likeness (QED) is 0.345. The van der Waals surface area contributed by atoms with E-state index in [4.69, 9.17) is 11.3 Å². The van der Waals surface area contributed by atoms with E-state index < -0.39 is 0 Å². The second-order valence-electron chi connectivity index (χ2n) is 5.32. The lowest BCUT2D eigenvalue weighted by molar-refractivity contribution is 1.18. The van der Waals surface area contributed by atoms with Gasteiger partial charge in [-0.1, -0.05) is 39.2 Å². The first-order valence-corrected chi connectivity index (χ1v) is 8.18. The number of azide groups is 1. The molecule has 0 spiro atoms. The van der Waals surface area contributed by atoms with Crippen molar-refractivity contribution in [3.8, 4) is 11.3 Å². The Hall–Kier alpha value is -3.09. The molecule has 0 amide bonds. The standard InChI is InChI=1S/C17H14BrN7/c1-10-2-3-11(18)8-14(10)15-9-16(23-17(19)22-15)21-12-4-6-13(7-5-12)24-25-20/h2-9H,1H3,(H3,19,21,22,23). The molecular weight excluding hydrogens is 382 g/mol. The Morgan fingerprint density at radius 1 is 1.12 bits per heavy atom. The van der Waals surface area contributed by atoms with Crippen molar-refractivity contribution in [2.24, 2.45) is 5.11 Å². The molecule has 3 aromatic rings. The minimum absolute atomic E-state index is 0.185. The van der Waals surface area contributed by atoms with Crippen LogP contribution in [-0.4, -0.2) is 9.97 Å². The van der Waals surface area contributed by atoms with Crippen LogP contribution < -0.4 is 11.1 Å². The molecule has 1 aromatic heterocycles. The molecule has 0 atom stereocenters. The average molecular weight is 396 g/mol. The number of aromatic nitrogens is 2. The summed E-state index contributed by atoms with van der Waals surface area (Å²) in [5, 5.41) is 6.72. The van der Waals surface area contributed by atoms with Crippen LogP contribution in [-0.2, 0) is 0 Å². The number of hydrogen-bond donors (Lipinski definition) is 2. The van der Waals surface area contributed by atoms with Crippen molar-refractivity contribution < 1.29 is 0 Å². The molecule has 0 radical (unpaired) electrons. The Morgan fingerprint density at radius 2 is 1.88 bits per heavy atom. The molecule has 3 N–H and O–H groups in total. The van der Waals surface area contributed by atoms with Gasteiger partial charge in [0.2, 0.25) is 5.95 Å².